The van der Waals surface area contributed by atoms with Crippen LogP contribution in [0.2, 0.25) is 5.02 Å². The van der Waals surface area contributed by atoms with Gasteiger partial charge in [-0.15, -0.1) is 0 Å². The van der Waals surface area contributed by atoms with Crippen LogP contribution in [0.15, 0.2) is 67.0 Å². The SMILES string of the molecule is O=C(N[C@H]1CCC(F)(F)C1)C(c1ccccc1Cl)N(C(=O)[C@@H]1CCC(O)N1c1ncccn1)c1cccc(F)c1. The minimum atomic E-state index is -2.91. The minimum absolute atomic E-state index is 0.0529. The first-order chi connectivity index (χ1) is 19.1. The molecule has 0 spiro atoms. The summed E-state index contributed by atoms with van der Waals surface area (Å²) in [7, 11) is 0. The number of rotatable bonds is 7. The molecule has 40 heavy (non-hydrogen) atoms. The molecule has 1 aliphatic heterocycles. The molecule has 210 valence electrons. The Morgan fingerprint density at radius 2 is 1.82 bits per heavy atom. The molecule has 4 atom stereocenters. The van der Waals surface area contributed by atoms with Crippen molar-refractivity contribution in [1.82, 2.24) is 15.3 Å². The number of aliphatic hydroxyl groups excluding tert-OH is 1. The van der Waals surface area contributed by atoms with E-state index in [2.05, 4.69) is 15.3 Å². The lowest BCUT2D eigenvalue weighted by Gasteiger charge is -2.36. The first kappa shape index (κ1) is 27.9. The van der Waals surface area contributed by atoms with Gasteiger partial charge in [0.2, 0.25) is 17.8 Å². The van der Waals surface area contributed by atoms with Gasteiger partial charge < -0.3 is 15.3 Å². The Hall–Kier alpha value is -3.70. The summed E-state index contributed by atoms with van der Waals surface area (Å²) in [6.45, 7) is 0. The average molecular weight is 574 g/mol. The smallest absolute Gasteiger partial charge is 0.250 e. The lowest BCUT2D eigenvalue weighted by atomic mass is 10.0. The third kappa shape index (κ3) is 5.75. The number of hydrogen-bond donors (Lipinski definition) is 2. The van der Waals surface area contributed by atoms with Crippen LogP contribution < -0.4 is 15.1 Å². The zero-order chi connectivity index (χ0) is 28.4. The Labute approximate surface area is 233 Å². The van der Waals surface area contributed by atoms with Crippen LogP contribution in [-0.4, -0.2) is 51.1 Å². The molecule has 5 rings (SSSR count). The standard InChI is InChI=1S/C28H27ClF3N5O3/c29-21-8-2-1-7-20(21)24(25(39)35-18-11-12-28(31,32)16-18)36(19-6-3-5-17(30)15-19)26(40)22-9-10-23(38)37(22)27-33-13-4-14-34-27/h1-8,13-15,18,22-24,38H,9-12,16H2,(H,35,39)/t18-,22-,23?,24?/m0/s1. The lowest BCUT2D eigenvalue weighted by molar-refractivity contribution is -0.127. The first-order valence-electron chi connectivity index (χ1n) is 12.9. The highest BCUT2D eigenvalue weighted by molar-refractivity contribution is 6.31. The van der Waals surface area contributed by atoms with Crippen LogP contribution in [-0.2, 0) is 9.59 Å². The number of nitrogens with zero attached hydrogens (tertiary/aromatic N) is 4. The number of hydrogen-bond acceptors (Lipinski definition) is 6. The van der Waals surface area contributed by atoms with Gasteiger partial charge in [-0.25, -0.2) is 23.1 Å². The third-order valence-electron chi connectivity index (χ3n) is 7.20. The third-order valence-corrected chi connectivity index (χ3v) is 7.55. The van der Waals surface area contributed by atoms with E-state index < -0.39 is 54.3 Å². The maximum absolute atomic E-state index is 14.5. The predicted octanol–water partition coefficient (Wildman–Crippen LogP) is 4.63. The fourth-order valence-electron chi connectivity index (χ4n) is 5.37. The highest BCUT2D eigenvalue weighted by atomic mass is 35.5. The van der Waals surface area contributed by atoms with E-state index in [1.165, 1.54) is 35.5 Å². The van der Waals surface area contributed by atoms with Gasteiger partial charge in [0.15, 0.2) is 0 Å². The van der Waals surface area contributed by atoms with Crippen molar-refractivity contribution in [2.24, 2.45) is 0 Å². The summed E-state index contributed by atoms with van der Waals surface area (Å²) >= 11 is 6.52. The van der Waals surface area contributed by atoms with Crippen molar-refractivity contribution in [3.8, 4) is 0 Å². The van der Waals surface area contributed by atoms with E-state index >= 15 is 0 Å². The molecular weight excluding hydrogens is 547 g/mol. The molecule has 12 heteroatoms. The largest absolute Gasteiger partial charge is 0.373 e. The number of alkyl halides is 2. The molecule has 1 saturated heterocycles. The van der Waals surface area contributed by atoms with Gasteiger partial charge in [-0.2, -0.15) is 0 Å². The van der Waals surface area contributed by atoms with Gasteiger partial charge in [0.1, 0.15) is 24.1 Å². The van der Waals surface area contributed by atoms with E-state index in [0.717, 1.165) is 11.0 Å². The number of amides is 2. The van der Waals surface area contributed by atoms with Crippen LogP contribution in [0.4, 0.5) is 24.8 Å². The van der Waals surface area contributed by atoms with Crippen molar-refractivity contribution in [1.29, 1.82) is 0 Å². The van der Waals surface area contributed by atoms with Crippen LogP contribution in [0.5, 0.6) is 0 Å². The molecular formula is C28H27ClF3N5O3. The quantitative estimate of drug-likeness (QED) is 0.427. The Bertz CT molecular complexity index is 1380. The first-order valence-corrected chi connectivity index (χ1v) is 13.3. The average Bonchev–Trinajstić information content (AvgIpc) is 3.48. The van der Waals surface area contributed by atoms with Gasteiger partial charge in [-0.1, -0.05) is 35.9 Å². The number of anilines is 2. The fourth-order valence-corrected chi connectivity index (χ4v) is 5.61. The molecule has 2 fully saturated rings. The molecule has 2 heterocycles. The Kier molecular flexibility index (Phi) is 7.95. The second-order valence-electron chi connectivity index (χ2n) is 9.95. The van der Waals surface area contributed by atoms with Crippen molar-refractivity contribution in [2.75, 3.05) is 9.80 Å². The van der Waals surface area contributed by atoms with Crippen LogP contribution in [0.25, 0.3) is 0 Å². The normalized spacial score (nSPS) is 22.6. The molecule has 0 radical (unpaired) electrons. The summed E-state index contributed by atoms with van der Waals surface area (Å²) in [6, 6.07) is 9.84. The number of carbonyl (C=O) groups excluding carboxylic acids is 2. The molecule has 2 aromatic carbocycles. The number of nitrogens with one attached hydrogen (secondary N) is 1. The van der Waals surface area contributed by atoms with Crippen molar-refractivity contribution in [3.63, 3.8) is 0 Å². The van der Waals surface area contributed by atoms with E-state index in [1.54, 1.807) is 30.3 Å². The number of benzene rings is 2. The summed E-state index contributed by atoms with van der Waals surface area (Å²) in [4.78, 5) is 39.1. The van der Waals surface area contributed by atoms with Gasteiger partial charge in [-0.3, -0.25) is 14.5 Å². The van der Waals surface area contributed by atoms with Crippen molar-refractivity contribution in [3.05, 3.63) is 83.4 Å². The van der Waals surface area contributed by atoms with Gasteiger partial charge >= 0.3 is 0 Å². The molecule has 2 aliphatic rings. The topological polar surface area (TPSA) is 98.7 Å². The Morgan fingerprint density at radius 1 is 1.07 bits per heavy atom. The summed E-state index contributed by atoms with van der Waals surface area (Å²) in [5.74, 6) is -4.84. The van der Waals surface area contributed by atoms with E-state index in [4.69, 9.17) is 11.6 Å². The van der Waals surface area contributed by atoms with Crippen molar-refractivity contribution >= 4 is 35.1 Å². The van der Waals surface area contributed by atoms with Gasteiger partial charge in [0, 0.05) is 47.6 Å². The Balaban J connectivity index is 1.60. The second-order valence-corrected chi connectivity index (χ2v) is 10.4. The summed E-state index contributed by atoms with van der Waals surface area (Å²) in [5, 5.41) is 13.6. The maximum atomic E-state index is 14.5. The minimum Gasteiger partial charge on any atom is -0.373 e. The van der Waals surface area contributed by atoms with Gasteiger partial charge in [-0.05, 0) is 49.6 Å². The lowest BCUT2D eigenvalue weighted by Crippen LogP contribution is -2.53. The van der Waals surface area contributed by atoms with E-state index in [-0.39, 0.29) is 47.9 Å². The molecule has 1 saturated carbocycles. The Morgan fingerprint density at radius 3 is 2.50 bits per heavy atom. The number of halogens is 4. The molecule has 0 bridgehead atoms. The summed E-state index contributed by atoms with van der Waals surface area (Å²) < 4.78 is 42.4. The van der Waals surface area contributed by atoms with E-state index in [1.807, 2.05) is 0 Å². The molecule has 1 aliphatic carbocycles. The van der Waals surface area contributed by atoms with E-state index in [0.29, 0.717) is 0 Å². The van der Waals surface area contributed by atoms with Crippen LogP contribution in [0, 0.1) is 5.82 Å². The molecule has 2 unspecified atom stereocenters. The molecule has 2 N–H and O–H groups in total. The number of carbonyl (C=O) groups is 2. The zero-order valence-electron chi connectivity index (χ0n) is 21.3. The zero-order valence-corrected chi connectivity index (χ0v) is 22.0. The molecule has 3 aromatic rings. The van der Waals surface area contributed by atoms with Gasteiger partial charge in [0.05, 0.1) is 0 Å². The molecule has 1 aromatic heterocycles. The number of aliphatic hydroxyl groups is 1. The predicted molar refractivity (Wildman–Crippen MR) is 142 cm³/mol. The molecule has 8 nitrogen and oxygen atoms in total. The number of aromatic nitrogens is 2. The van der Waals surface area contributed by atoms with Crippen molar-refractivity contribution in [2.45, 2.75) is 62.4 Å². The van der Waals surface area contributed by atoms with Crippen LogP contribution in [0.1, 0.15) is 43.7 Å². The summed E-state index contributed by atoms with van der Waals surface area (Å²) in [5.41, 5.74) is 0.280. The highest BCUT2D eigenvalue weighted by Crippen LogP contribution is 2.38. The highest BCUT2D eigenvalue weighted by Gasteiger charge is 2.46. The summed E-state index contributed by atoms with van der Waals surface area (Å²) in [6.07, 6.45) is 1.42. The maximum Gasteiger partial charge on any atom is 0.250 e. The second kappa shape index (κ2) is 11.4. The van der Waals surface area contributed by atoms with E-state index in [9.17, 15) is 27.9 Å². The van der Waals surface area contributed by atoms with Crippen molar-refractivity contribution < 1.29 is 27.9 Å². The molecule has 2 amide bonds. The fraction of sp³-hybridized carbons (Fsp3) is 0.357. The van der Waals surface area contributed by atoms with Crippen LogP contribution in [0.3, 0.4) is 0 Å². The van der Waals surface area contributed by atoms with Gasteiger partial charge in [0.25, 0.3) is 5.91 Å². The van der Waals surface area contributed by atoms with Crippen LogP contribution >= 0.6 is 11.6 Å². The monoisotopic (exact) mass is 573 g/mol.